The maximum Gasteiger partial charge on any atom is 0.149 e. The van der Waals surface area contributed by atoms with Crippen molar-refractivity contribution in [2.45, 2.75) is 78.6 Å². The van der Waals surface area contributed by atoms with Crippen molar-refractivity contribution < 1.29 is 5.11 Å². The van der Waals surface area contributed by atoms with Crippen molar-refractivity contribution in [3.8, 4) is 56.3 Å². The summed E-state index contributed by atoms with van der Waals surface area (Å²) in [5.41, 5.74) is 13.5. The second kappa shape index (κ2) is 12.9. The first-order valence-corrected chi connectivity index (χ1v) is 18.2. The number of rotatable bonds is 5. The van der Waals surface area contributed by atoms with E-state index in [4.69, 9.17) is 9.97 Å². The van der Waals surface area contributed by atoms with Gasteiger partial charge in [0.15, 0.2) is 0 Å². The predicted molar refractivity (Wildman–Crippen MR) is 218 cm³/mol. The smallest absolute Gasteiger partial charge is 0.149 e. The highest BCUT2D eigenvalue weighted by molar-refractivity contribution is 5.98. The summed E-state index contributed by atoms with van der Waals surface area (Å²) in [6, 6.07) is 42.4. The molecule has 0 amide bonds. The molecule has 0 atom stereocenters. The zero-order chi connectivity index (χ0) is 37.0. The Bertz CT molecular complexity index is 2370. The number of hydrogen-bond donors (Lipinski definition) is 1. The lowest BCUT2D eigenvalue weighted by atomic mass is 9.78. The SMILES string of the molecule is CC(C)(C)c1cc(-c2cc(-c3ccccn3)cc(-c3cc(C(C)(C)C)cc4c3nc(-c3ccccc3O)n4-c3ccccc3)c2)cc(C(C)(C)C)c1. The normalized spacial score (nSPS) is 12.4. The molecular formula is C48H49N3O. The first-order valence-electron chi connectivity index (χ1n) is 18.2. The van der Waals surface area contributed by atoms with Crippen molar-refractivity contribution in [3.63, 3.8) is 0 Å². The molecule has 0 aliphatic carbocycles. The lowest BCUT2D eigenvalue weighted by Gasteiger charge is -2.26. The van der Waals surface area contributed by atoms with E-state index in [9.17, 15) is 5.11 Å². The Morgan fingerprint density at radius 2 is 1.06 bits per heavy atom. The van der Waals surface area contributed by atoms with Crippen LogP contribution in [0.2, 0.25) is 0 Å². The summed E-state index contributed by atoms with van der Waals surface area (Å²) in [7, 11) is 0. The minimum absolute atomic E-state index is 0.0195. The Morgan fingerprint density at radius 1 is 0.500 bits per heavy atom. The summed E-state index contributed by atoms with van der Waals surface area (Å²) in [5, 5.41) is 11.2. The highest BCUT2D eigenvalue weighted by Crippen LogP contribution is 2.43. The fourth-order valence-electron chi connectivity index (χ4n) is 6.80. The van der Waals surface area contributed by atoms with Gasteiger partial charge in [0.1, 0.15) is 11.6 Å². The van der Waals surface area contributed by atoms with Crippen molar-refractivity contribution in [2.24, 2.45) is 0 Å². The number of fused-ring (bicyclic) bond motifs is 1. The molecule has 7 rings (SSSR count). The molecule has 5 aromatic carbocycles. The van der Waals surface area contributed by atoms with E-state index < -0.39 is 0 Å². The first-order chi connectivity index (χ1) is 24.6. The number of aromatic nitrogens is 3. The molecule has 0 saturated heterocycles. The van der Waals surface area contributed by atoms with Gasteiger partial charge in [-0.1, -0.05) is 117 Å². The summed E-state index contributed by atoms with van der Waals surface area (Å²) >= 11 is 0. The summed E-state index contributed by atoms with van der Waals surface area (Å²) in [5.74, 6) is 0.890. The summed E-state index contributed by atoms with van der Waals surface area (Å²) in [6.07, 6.45) is 1.86. The summed E-state index contributed by atoms with van der Waals surface area (Å²) < 4.78 is 2.19. The van der Waals surface area contributed by atoms with Crippen LogP contribution in [-0.4, -0.2) is 19.6 Å². The molecule has 4 heteroatoms. The maximum absolute atomic E-state index is 11.2. The molecule has 0 aliphatic rings. The van der Waals surface area contributed by atoms with Crippen molar-refractivity contribution in [1.29, 1.82) is 0 Å². The molecule has 7 aromatic rings. The minimum atomic E-state index is -0.145. The molecule has 0 saturated carbocycles. The van der Waals surface area contributed by atoms with Crippen LogP contribution < -0.4 is 0 Å². The molecule has 0 radical (unpaired) electrons. The van der Waals surface area contributed by atoms with E-state index in [0.29, 0.717) is 11.4 Å². The Kier molecular flexibility index (Phi) is 8.69. The van der Waals surface area contributed by atoms with E-state index in [1.54, 1.807) is 6.07 Å². The lowest BCUT2D eigenvalue weighted by molar-refractivity contribution is 0.477. The number of para-hydroxylation sites is 2. The third-order valence-electron chi connectivity index (χ3n) is 9.99. The molecule has 0 bridgehead atoms. The van der Waals surface area contributed by atoms with Crippen LogP contribution in [0.5, 0.6) is 5.75 Å². The third kappa shape index (κ3) is 6.78. The zero-order valence-electron chi connectivity index (χ0n) is 31.9. The van der Waals surface area contributed by atoms with Crippen LogP contribution in [0.3, 0.4) is 0 Å². The molecule has 0 fully saturated rings. The number of phenolic OH excluding ortho intramolecular Hbond substituents is 1. The fourth-order valence-corrected chi connectivity index (χ4v) is 6.80. The van der Waals surface area contributed by atoms with E-state index in [1.165, 1.54) is 22.3 Å². The highest BCUT2D eigenvalue weighted by Gasteiger charge is 2.25. The van der Waals surface area contributed by atoms with Crippen LogP contribution in [0.1, 0.15) is 79.0 Å². The van der Waals surface area contributed by atoms with Gasteiger partial charge >= 0.3 is 0 Å². The van der Waals surface area contributed by atoms with Gasteiger partial charge in [-0.25, -0.2) is 4.98 Å². The second-order valence-corrected chi connectivity index (χ2v) is 17.1. The highest BCUT2D eigenvalue weighted by atomic mass is 16.3. The van der Waals surface area contributed by atoms with E-state index in [1.807, 2.05) is 54.7 Å². The van der Waals surface area contributed by atoms with Crippen molar-refractivity contribution in [3.05, 3.63) is 144 Å². The molecule has 52 heavy (non-hydrogen) atoms. The number of aromatic hydroxyl groups is 1. The zero-order valence-corrected chi connectivity index (χ0v) is 31.9. The van der Waals surface area contributed by atoms with Gasteiger partial charge in [-0.05, 0) is 116 Å². The Balaban J connectivity index is 1.59. The second-order valence-electron chi connectivity index (χ2n) is 17.1. The molecule has 1 N–H and O–H groups in total. The van der Waals surface area contributed by atoms with Gasteiger partial charge in [0, 0.05) is 23.0 Å². The van der Waals surface area contributed by atoms with Gasteiger partial charge in [0.05, 0.1) is 22.3 Å². The largest absolute Gasteiger partial charge is 0.507 e. The van der Waals surface area contributed by atoms with Gasteiger partial charge in [-0.15, -0.1) is 0 Å². The van der Waals surface area contributed by atoms with Crippen LogP contribution in [0.25, 0.3) is 61.6 Å². The minimum Gasteiger partial charge on any atom is -0.507 e. The summed E-state index contributed by atoms with van der Waals surface area (Å²) in [4.78, 5) is 10.2. The maximum atomic E-state index is 11.2. The predicted octanol–water partition coefficient (Wildman–Crippen LogP) is 12.7. The Labute approximate surface area is 308 Å². The van der Waals surface area contributed by atoms with Crippen molar-refractivity contribution in [2.75, 3.05) is 0 Å². The van der Waals surface area contributed by atoms with Gasteiger partial charge < -0.3 is 5.11 Å². The van der Waals surface area contributed by atoms with Crippen molar-refractivity contribution >= 4 is 11.0 Å². The average molecular weight is 684 g/mol. The van der Waals surface area contributed by atoms with E-state index in [2.05, 4.69) is 134 Å². The molecule has 4 nitrogen and oxygen atoms in total. The average Bonchev–Trinajstić information content (AvgIpc) is 3.50. The summed E-state index contributed by atoms with van der Waals surface area (Å²) in [6.45, 7) is 20.5. The van der Waals surface area contributed by atoms with Crippen LogP contribution in [0.4, 0.5) is 0 Å². The number of phenols is 1. The van der Waals surface area contributed by atoms with E-state index in [-0.39, 0.29) is 22.0 Å². The standard InChI is InChI=1S/C48H49N3O/c1-46(2,3)35-26-32(27-36(28-35)47(4,5)6)31-23-33(25-34(24-31)41-20-15-16-22-49-41)40-29-37(48(7,8)9)30-42-44(40)50-45(39-19-13-14-21-43(39)52)51(42)38-17-11-10-12-18-38/h10-30,52H,1-9H3. The first kappa shape index (κ1) is 34.9. The fraction of sp³-hybridized carbons (Fsp3) is 0.250. The third-order valence-corrected chi connectivity index (χ3v) is 9.99. The molecule has 262 valence electrons. The molecular weight excluding hydrogens is 635 g/mol. The quantitative estimate of drug-likeness (QED) is 0.196. The van der Waals surface area contributed by atoms with Gasteiger partial charge in [0.2, 0.25) is 0 Å². The van der Waals surface area contributed by atoms with E-state index in [0.717, 1.165) is 44.7 Å². The van der Waals surface area contributed by atoms with Crippen LogP contribution >= 0.6 is 0 Å². The number of imidazole rings is 1. The van der Waals surface area contributed by atoms with Crippen LogP contribution in [0.15, 0.2) is 128 Å². The number of hydrogen-bond acceptors (Lipinski definition) is 3. The molecule has 2 aromatic heterocycles. The van der Waals surface area contributed by atoms with E-state index >= 15 is 0 Å². The van der Waals surface area contributed by atoms with Crippen molar-refractivity contribution in [1.82, 2.24) is 14.5 Å². The Hall–Kier alpha value is -5.48. The molecule has 0 unspecified atom stereocenters. The number of pyridine rings is 1. The monoisotopic (exact) mass is 683 g/mol. The number of benzene rings is 5. The molecule has 0 spiro atoms. The van der Waals surface area contributed by atoms with Gasteiger partial charge in [0.25, 0.3) is 0 Å². The van der Waals surface area contributed by atoms with Crippen LogP contribution in [0, 0.1) is 0 Å². The Morgan fingerprint density at radius 3 is 1.67 bits per heavy atom. The topological polar surface area (TPSA) is 50.9 Å². The number of nitrogens with zero attached hydrogens (tertiary/aromatic N) is 3. The molecule has 2 heterocycles. The van der Waals surface area contributed by atoms with Gasteiger partial charge in [-0.3, -0.25) is 9.55 Å². The molecule has 0 aliphatic heterocycles. The van der Waals surface area contributed by atoms with Gasteiger partial charge in [-0.2, -0.15) is 0 Å². The lowest BCUT2D eigenvalue weighted by Crippen LogP contribution is -2.16. The van der Waals surface area contributed by atoms with Crippen LogP contribution in [-0.2, 0) is 16.2 Å².